The maximum absolute atomic E-state index is 12.8. The largest absolute Gasteiger partial charge is 0.497 e. The molecule has 142 valence electrons. The van der Waals surface area contributed by atoms with Gasteiger partial charge in [0.25, 0.3) is 11.5 Å². The van der Waals surface area contributed by atoms with E-state index in [0.717, 1.165) is 15.4 Å². The molecule has 3 heterocycles. The number of ether oxygens (including phenoxy) is 1. The molecule has 3 aromatic rings. The average molecular weight is 397 g/mol. The molecule has 0 fully saturated rings. The number of aromatic nitrogens is 2. The SMILES string of the molecule is COc1ccc2c(c1)Sc1cccnc1C2NC(=O)c1ccc(CF)[nH]c1=O. The second kappa shape index (κ2) is 7.47. The number of rotatable bonds is 4. The Hall–Kier alpha value is -3.13. The van der Waals surface area contributed by atoms with Gasteiger partial charge < -0.3 is 15.0 Å². The lowest BCUT2D eigenvalue weighted by Crippen LogP contribution is -2.35. The van der Waals surface area contributed by atoms with Crippen molar-refractivity contribution < 1.29 is 13.9 Å². The maximum Gasteiger partial charge on any atom is 0.261 e. The summed E-state index contributed by atoms with van der Waals surface area (Å²) in [5, 5.41) is 2.89. The summed E-state index contributed by atoms with van der Waals surface area (Å²) in [6, 6.07) is 11.5. The van der Waals surface area contributed by atoms with E-state index in [2.05, 4.69) is 15.3 Å². The highest BCUT2D eigenvalue weighted by Gasteiger charge is 2.30. The number of pyridine rings is 2. The predicted molar refractivity (Wildman–Crippen MR) is 103 cm³/mol. The number of hydrogen-bond donors (Lipinski definition) is 2. The van der Waals surface area contributed by atoms with Crippen molar-refractivity contribution in [1.82, 2.24) is 15.3 Å². The lowest BCUT2D eigenvalue weighted by atomic mass is 10.0. The van der Waals surface area contributed by atoms with E-state index in [1.807, 2.05) is 30.3 Å². The first kappa shape index (κ1) is 18.2. The molecule has 1 aliphatic rings. The van der Waals surface area contributed by atoms with E-state index < -0.39 is 24.2 Å². The number of aromatic amines is 1. The minimum absolute atomic E-state index is 0.0806. The fourth-order valence-corrected chi connectivity index (χ4v) is 4.20. The van der Waals surface area contributed by atoms with Crippen LogP contribution < -0.4 is 15.6 Å². The quantitative estimate of drug-likeness (QED) is 0.706. The maximum atomic E-state index is 12.8. The summed E-state index contributed by atoms with van der Waals surface area (Å²) in [7, 11) is 1.59. The molecule has 0 aliphatic carbocycles. The van der Waals surface area contributed by atoms with Crippen LogP contribution in [-0.4, -0.2) is 23.0 Å². The van der Waals surface area contributed by atoms with E-state index >= 15 is 0 Å². The molecular weight excluding hydrogens is 381 g/mol. The number of fused-ring (bicyclic) bond motifs is 2. The van der Waals surface area contributed by atoms with Gasteiger partial charge in [-0.15, -0.1) is 0 Å². The number of carbonyl (C=O) groups excluding carboxylic acids is 1. The highest BCUT2D eigenvalue weighted by Crippen LogP contribution is 2.45. The van der Waals surface area contributed by atoms with Crippen LogP contribution in [0.3, 0.4) is 0 Å². The third-order valence-corrected chi connectivity index (χ3v) is 5.60. The van der Waals surface area contributed by atoms with Crippen LogP contribution in [0.4, 0.5) is 4.39 Å². The van der Waals surface area contributed by atoms with Gasteiger partial charge in [0.2, 0.25) is 0 Å². The monoisotopic (exact) mass is 397 g/mol. The van der Waals surface area contributed by atoms with Gasteiger partial charge in [0.15, 0.2) is 0 Å². The van der Waals surface area contributed by atoms with E-state index in [1.54, 1.807) is 25.1 Å². The Morgan fingerprint density at radius 3 is 2.89 bits per heavy atom. The van der Waals surface area contributed by atoms with Crippen LogP contribution in [0.1, 0.15) is 33.4 Å². The van der Waals surface area contributed by atoms with E-state index in [9.17, 15) is 14.0 Å². The van der Waals surface area contributed by atoms with Gasteiger partial charge in [-0.3, -0.25) is 14.6 Å². The molecule has 4 rings (SSSR count). The molecule has 0 bridgehead atoms. The van der Waals surface area contributed by atoms with E-state index in [1.165, 1.54) is 12.1 Å². The van der Waals surface area contributed by atoms with Gasteiger partial charge in [-0.2, -0.15) is 0 Å². The van der Waals surface area contributed by atoms with Gasteiger partial charge in [-0.1, -0.05) is 17.8 Å². The summed E-state index contributed by atoms with van der Waals surface area (Å²) in [5.74, 6) is 0.156. The molecule has 2 aromatic heterocycles. The van der Waals surface area contributed by atoms with E-state index in [4.69, 9.17) is 4.74 Å². The standard InChI is InChI=1S/C20H16FN3O3S/c1-27-12-5-7-13-16(9-12)28-15-3-2-8-22-18(15)17(13)24-20(26)14-6-4-11(10-21)23-19(14)25/h2-9,17H,10H2,1H3,(H,23,25)(H,24,26). The molecule has 8 heteroatoms. The van der Waals surface area contributed by atoms with E-state index in [-0.39, 0.29) is 11.3 Å². The summed E-state index contributed by atoms with van der Waals surface area (Å²) in [6.45, 7) is -0.802. The zero-order valence-corrected chi connectivity index (χ0v) is 15.7. The number of halogens is 1. The Morgan fingerprint density at radius 2 is 2.14 bits per heavy atom. The van der Waals surface area contributed by atoms with Gasteiger partial charge in [-0.25, -0.2) is 4.39 Å². The van der Waals surface area contributed by atoms with Crippen molar-refractivity contribution in [1.29, 1.82) is 0 Å². The Labute approximate surface area is 164 Å². The molecule has 0 saturated heterocycles. The molecular formula is C20H16FN3O3S. The molecule has 1 aliphatic heterocycles. The predicted octanol–water partition coefficient (Wildman–Crippen LogP) is 3.23. The molecule has 1 amide bonds. The molecule has 0 spiro atoms. The zero-order valence-electron chi connectivity index (χ0n) is 14.9. The number of benzene rings is 1. The summed E-state index contributed by atoms with van der Waals surface area (Å²) in [4.78, 5) is 33.6. The number of nitrogens with zero attached hydrogens (tertiary/aromatic N) is 1. The molecule has 1 aromatic carbocycles. The summed E-state index contributed by atoms with van der Waals surface area (Å²) >= 11 is 1.54. The van der Waals surface area contributed by atoms with Crippen LogP contribution in [0.15, 0.2) is 63.2 Å². The van der Waals surface area contributed by atoms with Crippen molar-refractivity contribution in [3.05, 3.63) is 81.5 Å². The van der Waals surface area contributed by atoms with Crippen LogP contribution >= 0.6 is 11.8 Å². The number of amides is 1. The van der Waals surface area contributed by atoms with E-state index in [0.29, 0.717) is 11.4 Å². The van der Waals surface area contributed by atoms with Crippen LogP contribution in [0.25, 0.3) is 0 Å². The second-order valence-corrected chi connectivity index (χ2v) is 7.24. The topological polar surface area (TPSA) is 84.1 Å². The zero-order chi connectivity index (χ0) is 19.7. The van der Waals surface area contributed by atoms with Crippen molar-refractivity contribution >= 4 is 17.7 Å². The van der Waals surface area contributed by atoms with Gasteiger partial charge in [-0.05, 0) is 42.0 Å². The van der Waals surface area contributed by atoms with Crippen LogP contribution in [0, 0.1) is 0 Å². The molecule has 1 unspecified atom stereocenters. The van der Waals surface area contributed by atoms with Crippen LogP contribution in [0.2, 0.25) is 0 Å². The number of H-pyrrole nitrogens is 1. The van der Waals surface area contributed by atoms with Crippen LogP contribution in [0.5, 0.6) is 5.75 Å². The van der Waals surface area contributed by atoms with Crippen molar-refractivity contribution in [2.24, 2.45) is 0 Å². The minimum Gasteiger partial charge on any atom is -0.497 e. The average Bonchev–Trinajstić information content (AvgIpc) is 2.72. The first-order valence-electron chi connectivity index (χ1n) is 8.50. The smallest absolute Gasteiger partial charge is 0.261 e. The van der Waals surface area contributed by atoms with Crippen molar-refractivity contribution in [3.63, 3.8) is 0 Å². The highest BCUT2D eigenvalue weighted by molar-refractivity contribution is 7.99. The van der Waals surface area contributed by atoms with Gasteiger partial charge in [0.05, 0.1) is 18.8 Å². The summed E-state index contributed by atoms with van der Waals surface area (Å²) in [5.41, 5.74) is 0.981. The number of alkyl halides is 1. The molecule has 0 saturated carbocycles. The number of methoxy groups -OCH3 is 1. The molecule has 2 N–H and O–H groups in total. The van der Waals surface area contributed by atoms with Crippen molar-refractivity contribution in [2.45, 2.75) is 22.5 Å². The lowest BCUT2D eigenvalue weighted by Gasteiger charge is -2.27. The lowest BCUT2D eigenvalue weighted by molar-refractivity contribution is 0.0939. The molecule has 0 radical (unpaired) electrons. The molecule has 6 nitrogen and oxygen atoms in total. The summed E-state index contributed by atoms with van der Waals surface area (Å²) in [6.07, 6.45) is 1.66. The molecule has 1 atom stereocenters. The number of nitrogens with one attached hydrogen (secondary N) is 2. The Kier molecular flexibility index (Phi) is 4.87. The Bertz CT molecular complexity index is 1120. The first-order valence-corrected chi connectivity index (χ1v) is 9.32. The number of carbonyl (C=O) groups is 1. The highest BCUT2D eigenvalue weighted by atomic mass is 32.2. The normalized spacial score (nSPS) is 14.7. The van der Waals surface area contributed by atoms with Gasteiger partial charge >= 0.3 is 0 Å². The fraction of sp³-hybridized carbons (Fsp3) is 0.150. The second-order valence-electron chi connectivity index (χ2n) is 6.16. The van der Waals surface area contributed by atoms with Crippen molar-refractivity contribution in [3.8, 4) is 5.75 Å². The van der Waals surface area contributed by atoms with Crippen LogP contribution in [-0.2, 0) is 6.67 Å². The van der Waals surface area contributed by atoms with Crippen molar-refractivity contribution in [2.75, 3.05) is 7.11 Å². The van der Waals surface area contributed by atoms with Gasteiger partial charge in [0, 0.05) is 21.7 Å². The van der Waals surface area contributed by atoms with Gasteiger partial charge in [0.1, 0.15) is 18.0 Å². The fourth-order valence-electron chi connectivity index (χ4n) is 3.07. The first-order chi connectivity index (χ1) is 13.6. The Morgan fingerprint density at radius 1 is 1.29 bits per heavy atom. The third kappa shape index (κ3) is 3.27. The Balaban J connectivity index is 1.73. The molecule has 28 heavy (non-hydrogen) atoms. The third-order valence-electron chi connectivity index (χ3n) is 4.46. The minimum atomic E-state index is -0.802. The number of hydrogen-bond acceptors (Lipinski definition) is 5. The summed E-state index contributed by atoms with van der Waals surface area (Å²) < 4.78 is 18.0.